The van der Waals surface area contributed by atoms with Crippen LogP contribution in [0.2, 0.25) is 0 Å². The van der Waals surface area contributed by atoms with E-state index in [1.165, 1.54) is 0 Å². The van der Waals surface area contributed by atoms with Crippen molar-refractivity contribution >= 4 is 11.6 Å². The molecular weight excluding hydrogens is 302 g/mol. The van der Waals surface area contributed by atoms with E-state index in [4.69, 9.17) is 0 Å². The smallest absolute Gasteiger partial charge is 0.162 e. The molecule has 2 heterocycles. The van der Waals surface area contributed by atoms with Crippen molar-refractivity contribution in [2.75, 3.05) is 5.32 Å². The number of hydrogen-bond acceptors (Lipinski definition) is 4. The molecule has 1 atom stereocenters. The topological polar surface area (TPSA) is 78.0 Å². The maximum atomic E-state index is 13.0. The van der Waals surface area contributed by atoms with E-state index in [1.807, 2.05) is 19.1 Å². The lowest BCUT2D eigenvalue weighted by Gasteiger charge is -2.38. The molecule has 0 fully saturated rings. The lowest BCUT2D eigenvalue weighted by Crippen LogP contribution is -2.33. The molecule has 0 saturated heterocycles. The largest absolute Gasteiger partial charge is 0.508 e. The molecule has 1 aromatic carbocycles. The number of ketones is 1. The molecular formula is C19H21N3O2. The molecule has 24 heavy (non-hydrogen) atoms. The van der Waals surface area contributed by atoms with E-state index < -0.39 is 0 Å². The Labute approximate surface area is 140 Å². The molecule has 2 aromatic rings. The van der Waals surface area contributed by atoms with E-state index in [0.29, 0.717) is 6.42 Å². The third-order valence-corrected chi connectivity index (χ3v) is 4.96. The summed E-state index contributed by atoms with van der Waals surface area (Å²) in [5.41, 5.74) is 4.57. The molecule has 1 aliphatic carbocycles. The maximum absolute atomic E-state index is 13.0. The molecule has 0 spiro atoms. The lowest BCUT2D eigenvalue weighted by molar-refractivity contribution is -0.118. The van der Waals surface area contributed by atoms with Gasteiger partial charge < -0.3 is 10.4 Å². The fraction of sp³-hybridized carbons (Fsp3) is 0.368. The molecule has 1 aliphatic heterocycles. The van der Waals surface area contributed by atoms with Gasteiger partial charge in [0.1, 0.15) is 5.75 Å². The van der Waals surface area contributed by atoms with Crippen LogP contribution in [0.1, 0.15) is 49.4 Å². The fourth-order valence-electron chi connectivity index (χ4n) is 3.99. The number of phenols is 1. The number of aromatic hydroxyl groups is 1. The Morgan fingerprint density at radius 1 is 1.29 bits per heavy atom. The molecule has 0 radical (unpaired) electrons. The molecule has 0 bridgehead atoms. The number of nitrogens with one attached hydrogen (secondary N) is 2. The van der Waals surface area contributed by atoms with Gasteiger partial charge in [0.2, 0.25) is 0 Å². The highest BCUT2D eigenvalue weighted by atomic mass is 16.3. The van der Waals surface area contributed by atoms with Crippen molar-refractivity contribution in [3.05, 3.63) is 52.4 Å². The molecule has 4 rings (SSSR count). The number of rotatable bonds is 1. The van der Waals surface area contributed by atoms with Crippen molar-refractivity contribution in [1.82, 2.24) is 10.2 Å². The normalized spacial score (nSPS) is 22.0. The number of phenolic OH excluding ortho intramolecular Hbond substituents is 1. The molecule has 124 valence electrons. The monoisotopic (exact) mass is 323 g/mol. The first-order valence-corrected chi connectivity index (χ1v) is 8.23. The highest BCUT2D eigenvalue weighted by molar-refractivity contribution is 6.01. The number of fused-ring (bicyclic) bond motifs is 1. The van der Waals surface area contributed by atoms with Gasteiger partial charge in [0.15, 0.2) is 11.6 Å². The van der Waals surface area contributed by atoms with E-state index in [1.54, 1.807) is 12.1 Å². The summed E-state index contributed by atoms with van der Waals surface area (Å²) in [6.07, 6.45) is 1.35. The van der Waals surface area contributed by atoms with Crippen LogP contribution in [0, 0.1) is 12.3 Å². The van der Waals surface area contributed by atoms with E-state index in [9.17, 15) is 9.90 Å². The predicted molar refractivity (Wildman–Crippen MR) is 91.9 cm³/mol. The Morgan fingerprint density at radius 2 is 2.08 bits per heavy atom. The number of benzene rings is 1. The number of anilines is 1. The summed E-state index contributed by atoms with van der Waals surface area (Å²) >= 11 is 0. The van der Waals surface area contributed by atoms with Crippen LogP contribution in [0.15, 0.2) is 35.5 Å². The Hall–Kier alpha value is -2.56. The van der Waals surface area contributed by atoms with Crippen molar-refractivity contribution in [2.24, 2.45) is 5.41 Å². The number of carbonyl (C=O) groups is 1. The van der Waals surface area contributed by atoms with Crippen LogP contribution < -0.4 is 5.32 Å². The van der Waals surface area contributed by atoms with Gasteiger partial charge in [-0.1, -0.05) is 26.0 Å². The van der Waals surface area contributed by atoms with Crippen LogP contribution in [0.25, 0.3) is 0 Å². The third-order valence-electron chi connectivity index (χ3n) is 4.96. The quantitative estimate of drug-likeness (QED) is 0.749. The van der Waals surface area contributed by atoms with Gasteiger partial charge in [0, 0.05) is 34.9 Å². The standard InChI is InChI=1S/C19H21N3O2/c1-10-15-16(11-5-4-6-12(23)7-11)17-13(20-18(15)22-21-10)8-19(2,3)9-14(17)24/h4-7,16,23H,8-9H2,1-3H3,(H2,20,21,22)/t16-/m1/s1. The number of Topliss-reactive ketones (excluding diaryl/α,β-unsaturated/α-hetero) is 1. The summed E-state index contributed by atoms with van der Waals surface area (Å²) in [5, 5.41) is 20.7. The van der Waals surface area contributed by atoms with Gasteiger partial charge in [-0.2, -0.15) is 5.10 Å². The third kappa shape index (κ3) is 2.23. The first-order valence-electron chi connectivity index (χ1n) is 8.23. The van der Waals surface area contributed by atoms with Gasteiger partial charge in [0.05, 0.1) is 0 Å². The number of H-pyrrole nitrogens is 1. The van der Waals surface area contributed by atoms with Crippen molar-refractivity contribution < 1.29 is 9.90 Å². The van der Waals surface area contributed by atoms with E-state index >= 15 is 0 Å². The van der Waals surface area contributed by atoms with Crippen LogP contribution in [0.3, 0.4) is 0 Å². The number of nitrogens with zero attached hydrogens (tertiary/aromatic N) is 1. The number of carbonyl (C=O) groups excluding carboxylic acids is 1. The van der Waals surface area contributed by atoms with Gasteiger partial charge in [-0.3, -0.25) is 9.89 Å². The van der Waals surface area contributed by atoms with E-state index in [2.05, 4.69) is 29.4 Å². The van der Waals surface area contributed by atoms with Gasteiger partial charge in [0.25, 0.3) is 0 Å². The number of allylic oxidation sites excluding steroid dienone is 2. The molecule has 0 unspecified atom stereocenters. The van der Waals surface area contributed by atoms with E-state index in [0.717, 1.165) is 40.3 Å². The van der Waals surface area contributed by atoms with Gasteiger partial charge in [-0.05, 0) is 36.5 Å². The van der Waals surface area contributed by atoms with Gasteiger partial charge in [-0.15, -0.1) is 0 Å². The summed E-state index contributed by atoms with van der Waals surface area (Å²) in [4.78, 5) is 13.0. The molecule has 3 N–H and O–H groups in total. The van der Waals surface area contributed by atoms with Crippen molar-refractivity contribution in [3.63, 3.8) is 0 Å². The van der Waals surface area contributed by atoms with Crippen molar-refractivity contribution in [3.8, 4) is 5.75 Å². The van der Waals surface area contributed by atoms with E-state index in [-0.39, 0.29) is 22.9 Å². The van der Waals surface area contributed by atoms with Crippen LogP contribution in [0.5, 0.6) is 5.75 Å². The molecule has 1 aromatic heterocycles. The van der Waals surface area contributed by atoms with Crippen LogP contribution in [-0.4, -0.2) is 21.1 Å². The lowest BCUT2D eigenvalue weighted by atomic mass is 9.69. The molecule has 0 saturated carbocycles. The summed E-state index contributed by atoms with van der Waals surface area (Å²) in [6, 6.07) is 7.17. The van der Waals surface area contributed by atoms with Crippen LogP contribution in [-0.2, 0) is 4.79 Å². The van der Waals surface area contributed by atoms with Crippen molar-refractivity contribution in [1.29, 1.82) is 0 Å². The zero-order valence-corrected chi connectivity index (χ0v) is 14.1. The maximum Gasteiger partial charge on any atom is 0.162 e. The van der Waals surface area contributed by atoms with Gasteiger partial charge >= 0.3 is 0 Å². The summed E-state index contributed by atoms with van der Waals surface area (Å²) in [6.45, 7) is 6.20. The second-order valence-electron chi connectivity index (χ2n) is 7.60. The number of aryl methyl sites for hydroxylation is 1. The molecule has 5 heteroatoms. The molecule has 0 amide bonds. The minimum absolute atomic E-state index is 0.0604. The minimum atomic E-state index is -0.189. The Morgan fingerprint density at radius 3 is 2.83 bits per heavy atom. The van der Waals surface area contributed by atoms with Crippen LogP contribution in [0.4, 0.5) is 5.82 Å². The average molecular weight is 323 g/mol. The highest BCUT2D eigenvalue weighted by Gasteiger charge is 2.42. The summed E-state index contributed by atoms with van der Waals surface area (Å²) < 4.78 is 0. The molecule has 5 nitrogen and oxygen atoms in total. The minimum Gasteiger partial charge on any atom is -0.508 e. The molecule has 2 aliphatic rings. The van der Waals surface area contributed by atoms with Crippen molar-refractivity contribution in [2.45, 2.75) is 39.5 Å². The SMILES string of the molecule is Cc1[nH]nc2c1[C@@H](c1cccc(O)c1)C1=C(CC(C)(C)CC1=O)N2. The second-order valence-corrected chi connectivity index (χ2v) is 7.60. The second kappa shape index (κ2) is 4.97. The fourth-order valence-corrected chi connectivity index (χ4v) is 3.99. The average Bonchev–Trinajstić information content (AvgIpc) is 2.85. The zero-order valence-electron chi connectivity index (χ0n) is 14.1. The Kier molecular flexibility index (Phi) is 3.10. The number of aromatic amines is 1. The first kappa shape index (κ1) is 15.0. The number of hydrogen-bond donors (Lipinski definition) is 3. The summed E-state index contributed by atoms with van der Waals surface area (Å²) in [5.74, 6) is 0.976. The number of aromatic nitrogens is 2. The predicted octanol–water partition coefficient (Wildman–Crippen LogP) is 3.62. The zero-order chi connectivity index (χ0) is 17.1. The first-order chi connectivity index (χ1) is 11.4. The van der Waals surface area contributed by atoms with Gasteiger partial charge in [-0.25, -0.2) is 0 Å². The summed E-state index contributed by atoms with van der Waals surface area (Å²) in [7, 11) is 0. The highest BCUT2D eigenvalue weighted by Crippen LogP contribution is 2.49. The Bertz CT molecular complexity index is 876. The van der Waals surface area contributed by atoms with Crippen LogP contribution >= 0.6 is 0 Å². The Balaban J connectivity index is 1.95.